The van der Waals surface area contributed by atoms with Gasteiger partial charge in [-0.25, -0.2) is 14.6 Å². The summed E-state index contributed by atoms with van der Waals surface area (Å²) in [5.74, 6) is -0.426. The molecule has 2 aromatic carbocycles. The molecule has 0 aliphatic carbocycles. The number of fused-ring (bicyclic) bond motifs is 1. The van der Waals surface area contributed by atoms with Crippen molar-refractivity contribution in [1.82, 2.24) is 0 Å². The molecular weight excluding hydrogens is 408 g/mol. The van der Waals surface area contributed by atoms with Gasteiger partial charge in [0.1, 0.15) is 24.9 Å². The molecule has 168 valence electrons. The van der Waals surface area contributed by atoms with E-state index >= 15 is 0 Å². The molecule has 4 atom stereocenters. The van der Waals surface area contributed by atoms with Gasteiger partial charge in [0.25, 0.3) is 0 Å². The van der Waals surface area contributed by atoms with Crippen LogP contribution in [0.5, 0.6) is 0 Å². The normalized spacial score (nSPS) is 24.9. The van der Waals surface area contributed by atoms with Gasteiger partial charge in [-0.05, 0) is 31.1 Å². The van der Waals surface area contributed by atoms with Crippen LogP contribution in [0.15, 0.2) is 60.7 Å². The van der Waals surface area contributed by atoms with E-state index in [-0.39, 0.29) is 24.9 Å². The summed E-state index contributed by atoms with van der Waals surface area (Å²) >= 11 is 0. The first-order valence-electron chi connectivity index (χ1n) is 10.8. The minimum atomic E-state index is -0.467. The van der Waals surface area contributed by atoms with Crippen molar-refractivity contribution in [2.75, 3.05) is 19.8 Å². The van der Waals surface area contributed by atoms with Crippen LogP contribution in [0.3, 0.4) is 0 Å². The Balaban J connectivity index is 1.19. The van der Waals surface area contributed by atoms with Gasteiger partial charge in [-0.1, -0.05) is 71.8 Å². The van der Waals surface area contributed by atoms with Gasteiger partial charge in [-0.3, -0.25) is 0 Å². The van der Waals surface area contributed by atoms with E-state index < -0.39 is 12.1 Å². The van der Waals surface area contributed by atoms with Crippen molar-refractivity contribution in [2.24, 2.45) is 0 Å². The van der Waals surface area contributed by atoms with Gasteiger partial charge in [0, 0.05) is 6.08 Å². The van der Waals surface area contributed by atoms with E-state index in [0.29, 0.717) is 13.2 Å². The average Bonchev–Trinajstić information content (AvgIpc) is 3.38. The lowest BCUT2D eigenvalue weighted by atomic mass is 10.1. The fraction of sp³-hybridized carbons (Fsp3) is 0.346. The van der Waals surface area contributed by atoms with Crippen LogP contribution in [0.25, 0.3) is 12.2 Å². The third kappa shape index (κ3) is 5.93. The molecule has 2 aromatic rings. The van der Waals surface area contributed by atoms with E-state index in [0.717, 1.165) is 11.1 Å². The molecule has 2 saturated heterocycles. The molecule has 2 heterocycles. The van der Waals surface area contributed by atoms with E-state index in [4.69, 9.17) is 24.0 Å². The average molecular weight is 437 g/mol. The molecule has 32 heavy (non-hydrogen) atoms. The standard InChI is InChI=1S/C26H28O6/c1-18-5-9-20(10-6-18)4-3-15-30-32-23-17-29-25-22(16-28-26(23)25)31-24(27)14-13-21-11-7-19(2)8-12-21/h3-14,22-23,25-26H,15-17H2,1-2H3/t22?,23-,25+,26+/m0/s1. The molecule has 0 spiro atoms. The Hall–Kier alpha value is -2.77. The van der Waals surface area contributed by atoms with E-state index in [1.165, 1.54) is 17.2 Å². The quantitative estimate of drug-likeness (QED) is 0.205. The molecule has 2 aliphatic rings. The number of carbonyl (C=O) groups excluding carboxylic acids is 1. The zero-order chi connectivity index (χ0) is 22.3. The number of ether oxygens (including phenoxy) is 3. The zero-order valence-corrected chi connectivity index (χ0v) is 18.3. The number of benzene rings is 2. The highest BCUT2D eigenvalue weighted by atomic mass is 17.2. The molecule has 1 unspecified atom stereocenters. The molecule has 0 N–H and O–H groups in total. The minimum Gasteiger partial charge on any atom is -0.454 e. The number of rotatable bonds is 8. The van der Waals surface area contributed by atoms with Crippen molar-refractivity contribution in [2.45, 2.75) is 38.3 Å². The van der Waals surface area contributed by atoms with Crippen molar-refractivity contribution in [1.29, 1.82) is 0 Å². The van der Waals surface area contributed by atoms with Gasteiger partial charge in [0.15, 0.2) is 6.10 Å². The maximum absolute atomic E-state index is 12.2. The summed E-state index contributed by atoms with van der Waals surface area (Å²) < 4.78 is 17.1. The SMILES string of the molecule is Cc1ccc(C=CCOO[C@H]2CO[C@@H]3C(OC(=O)C=Cc4ccc(C)cc4)CO[C@H]23)cc1. The Morgan fingerprint density at radius 2 is 1.44 bits per heavy atom. The van der Waals surface area contributed by atoms with Crippen molar-refractivity contribution in [3.05, 3.63) is 82.9 Å². The van der Waals surface area contributed by atoms with Gasteiger partial charge >= 0.3 is 5.97 Å². The topological polar surface area (TPSA) is 63.2 Å². The van der Waals surface area contributed by atoms with Crippen LogP contribution in [0.4, 0.5) is 0 Å². The van der Waals surface area contributed by atoms with Crippen LogP contribution >= 0.6 is 0 Å². The maximum atomic E-state index is 12.2. The smallest absolute Gasteiger partial charge is 0.331 e. The van der Waals surface area contributed by atoms with Crippen LogP contribution < -0.4 is 0 Å². The molecule has 6 nitrogen and oxygen atoms in total. The van der Waals surface area contributed by atoms with Crippen LogP contribution in [-0.4, -0.2) is 50.2 Å². The Bertz CT molecular complexity index is 947. The Morgan fingerprint density at radius 3 is 2.09 bits per heavy atom. The van der Waals surface area contributed by atoms with Crippen LogP contribution in [0, 0.1) is 13.8 Å². The highest BCUT2D eigenvalue weighted by Gasteiger charge is 2.50. The first-order chi connectivity index (χ1) is 15.6. The first kappa shape index (κ1) is 22.4. The molecule has 0 radical (unpaired) electrons. The summed E-state index contributed by atoms with van der Waals surface area (Å²) in [6.45, 7) is 4.98. The van der Waals surface area contributed by atoms with Crippen LogP contribution in [0.2, 0.25) is 0 Å². The van der Waals surface area contributed by atoms with Crippen molar-refractivity contribution in [3.8, 4) is 0 Å². The summed E-state index contributed by atoms with van der Waals surface area (Å²) in [4.78, 5) is 23.0. The largest absolute Gasteiger partial charge is 0.454 e. The summed E-state index contributed by atoms with van der Waals surface area (Å²) in [6.07, 6.45) is 5.50. The second-order valence-corrected chi connectivity index (χ2v) is 8.05. The molecule has 0 aromatic heterocycles. The Kier molecular flexibility index (Phi) is 7.50. The zero-order valence-electron chi connectivity index (χ0n) is 18.3. The van der Waals surface area contributed by atoms with Gasteiger partial charge in [-0.15, -0.1) is 0 Å². The lowest BCUT2D eigenvalue weighted by Crippen LogP contribution is -2.34. The minimum absolute atomic E-state index is 0.270. The number of hydrogen-bond donors (Lipinski definition) is 0. The molecule has 0 saturated carbocycles. The Labute approximate surface area is 188 Å². The number of carbonyl (C=O) groups is 1. The predicted molar refractivity (Wildman–Crippen MR) is 121 cm³/mol. The number of hydrogen-bond acceptors (Lipinski definition) is 6. The second kappa shape index (κ2) is 10.7. The summed E-state index contributed by atoms with van der Waals surface area (Å²) in [5.41, 5.74) is 4.43. The summed E-state index contributed by atoms with van der Waals surface area (Å²) in [5, 5.41) is 0. The highest BCUT2D eigenvalue weighted by molar-refractivity contribution is 5.87. The van der Waals surface area contributed by atoms with E-state index in [9.17, 15) is 4.79 Å². The van der Waals surface area contributed by atoms with Crippen molar-refractivity contribution < 1.29 is 28.8 Å². The van der Waals surface area contributed by atoms with E-state index in [2.05, 4.69) is 19.1 Å². The molecule has 4 rings (SSSR count). The third-order valence-electron chi connectivity index (χ3n) is 5.46. The first-order valence-corrected chi connectivity index (χ1v) is 10.8. The van der Waals surface area contributed by atoms with E-state index in [1.807, 2.05) is 55.5 Å². The number of esters is 1. The predicted octanol–water partition coefficient (Wildman–Crippen LogP) is 4.06. The molecular formula is C26H28O6. The Morgan fingerprint density at radius 1 is 0.875 bits per heavy atom. The highest BCUT2D eigenvalue weighted by Crippen LogP contribution is 2.30. The monoisotopic (exact) mass is 436 g/mol. The molecule has 0 bridgehead atoms. The lowest BCUT2D eigenvalue weighted by molar-refractivity contribution is -0.326. The van der Waals surface area contributed by atoms with E-state index in [1.54, 1.807) is 6.08 Å². The molecule has 2 aliphatic heterocycles. The van der Waals surface area contributed by atoms with Crippen LogP contribution in [-0.2, 0) is 28.8 Å². The van der Waals surface area contributed by atoms with Gasteiger partial charge in [-0.2, -0.15) is 0 Å². The lowest BCUT2D eigenvalue weighted by Gasteiger charge is -2.16. The molecule has 2 fully saturated rings. The van der Waals surface area contributed by atoms with Gasteiger partial charge in [0.2, 0.25) is 0 Å². The summed E-state index contributed by atoms with van der Waals surface area (Å²) in [7, 11) is 0. The van der Waals surface area contributed by atoms with Crippen molar-refractivity contribution in [3.63, 3.8) is 0 Å². The fourth-order valence-corrected chi connectivity index (χ4v) is 3.67. The number of aryl methyl sites for hydroxylation is 2. The fourth-order valence-electron chi connectivity index (χ4n) is 3.67. The van der Waals surface area contributed by atoms with Crippen LogP contribution in [0.1, 0.15) is 22.3 Å². The maximum Gasteiger partial charge on any atom is 0.331 e. The molecule has 6 heteroatoms. The van der Waals surface area contributed by atoms with Gasteiger partial charge in [0.05, 0.1) is 13.2 Å². The summed E-state index contributed by atoms with van der Waals surface area (Å²) in [6, 6.07) is 16.1. The second-order valence-electron chi connectivity index (χ2n) is 8.05. The van der Waals surface area contributed by atoms with Crippen molar-refractivity contribution >= 4 is 18.1 Å². The third-order valence-corrected chi connectivity index (χ3v) is 5.46. The molecule has 0 amide bonds. The van der Waals surface area contributed by atoms with Gasteiger partial charge < -0.3 is 14.2 Å².